The van der Waals surface area contributed by atoms with E-state index in [9.17, 15) is 4.79 Å². The Balaban J connectivity index is 1.60. The minimum atomic E-state index is -0.111. The molecule has 0 saturated heterocycles. The van der Waals surface area contributed by atoms with E-state index in [4.69, 9.17) is 4.74 Å². The van der Waals surface area contributed by atoms with Crippen LogP contribution in [0, 0.1) is 6.92 Å². The summed E-state index contributed by atoms with van der Waals surface area (Å²) in [7, 11) is 1.58. The van der Waals surface area contributed by atoms with Crippen LogP contribution in [0.4, 0.5) is 5.69 Å². The van der Waals surface area contributed by atoms with Crippen molar-refractivity contribution in [2.24, 2.45) is 0 Å². The maximum absolute atomic E-state index is 12.2. The molecule has 0 aliphatic carbocycles. The minimum absolute atomic E-state index is 0.111. The number of carbonyl (C=O) groups excluding carboxylic acids is 1. The number of benzene rings is 2. The molecule has 5 nitrogen and oxygen atoms in total. The molecule has 2 N–H and O–H groups in total. The van der Waals surface area contributed by atoms with Crippen LogP contribution in [0.25, 0.3) is 11.3 Å². The molecule has 0 saturated carbocycles. The standard InChI is InChI=1S/C19H18BrN3O2S/c1-12-3-8-17(25-2)15(9-12)22-18(24)11-26-19-21-10-16(23-19)13-4-6-14(20)7-5-13/h3-10H,11H2,1-2H3,(H,21,23)(H,22,24). The average Bonchev–Trinajstić information content (AvgIpc) is 3.10. The van der Waals surface area contributed by atoms with Crippen LogP contribution >= 0.6 is 27.7 Å². The molecular weight excluding hydrogens is 414 g/mol. The molecule has 2 aromatic carbocycles. The van der Waals surface area contributed by atoms with Gasteiger partial charge in [-0.1, -0.05) is 45.9 Å². The summed E-state index contributed by atoms with van der Waals surface area (Å²) in [6.45, 7) is 1.97. The van der Waals surface area contributed by atoms with E-state index < -0.39 is 0 Å². The number of imidazole rings is 1. The zero-order chi connectivity index (χ0) is 18.5. The maximum Gasteiger partial charge on any atom is 0.234 e. The fourth-order valence-corrected chi connectivity index (χ4v) is 3.31. The summed E-state index contributed by atoms with van der Waals surface area (Å²) in [6, 6.07) is 13.6. The molecule has 7 heteroatoms. The molecule has 0 spiro atoms. The first-order valence-electron chi connectivity index (χ1n) is 7.93. The van der Waals surface area contributed by atoms with Crippen LogP contribution in [0.3, 0.4) is 0 Å². The number of hydrogen-bond donors (Lipinski definition) is 2. The lowest BCUT2D eigenvalue weighted by molar-refractivity contribution is -0.113. The van der Waals surface area contributed by atoms with Crippen molar-refractivity contribution in [3.63, 3.8) is 0 Å². The second kappa shape index (κ2) is 8.42. The van der Waals surface area contributed by atoms with Gasteiger partial charge >= 0.3 is 0 Å². The quantitative estimate of drug-likeness (QED) is 0.545. The van der Waals surface area contributed by atoms with E-state index in [-0.39, 0.29) is 11.7 Å². The molecule has 1 amide bonds. The highest BCUT2D eigenvalue weighted by molar-refractivity contribution is 9.10. The summed E-state index contributed by atoms with van der Waals surface area (Å²) < 4.78 is 6.31. The first-order valence-corrected chi connectivity index (χ1v) is 9.71. The summed E-state index contributed by atoms with van der Waals surface area (Å²) in [6.07, 6.45) is 1.77. The normalized spacial score (nSPS) is 10.6. The van der Waals surface area contributed by atoms with Crippen LogP contribution in [-0.2, 0) is 4.79 Å². The number of rotatable bonds is 6. The van der Waals surface area contributed by atoms with Crippen LogP contribution in [0.1, 0.15) is 5.56 Å². The van der Waals surface area contributed by atoms with Gasteiger partial charge in [-0.15, -0.1) is 0 Å². The van der Waals surface area contributed by atoms with Gasteiger partial charge in [-0.25, -0.2) is 4.98 Å². The Bertz CT molecular complexity index is 909. The number of ether oxygens (including phenoxy) is 1. The lowest BCUT2D eigenvalue weighted by atomic mass is 10.2. The second-order valence-corrected chi connectivity index (χ2v) is 7.53. The molecule has 0 atom stereocenters. The van der Waals surface area contributed by atoms with Gasteiger partial charge in [0.05, 0.1) is 30.4 Å². The van der Waals surface area contributed by atoms with E-state index in [0.717, 1.165) is 21.3 Å². The molecule has 26 heavy (non-hydrogen) atoms. The van der Waals surface area contributed by atoms with Gasteiger partial charge in [-0.2, -0.15) is 0 Å². The summed E-state index contributed by atoms with van der Waals surface area (Å²) >= 11 is 4.78. The van der Waals surface area contributed by atoms with Crippen molar-refractivity contribution < 1.29 is 9.53 Å². The molecule has 1 heterocycles. The first-order chi connectivity index (χ1) is 12.5. The largest absolute Gasteiger partial charge is 0.495 e. The number of aromatic nitrogens is 2. The Morgan fingerprint density at radius 3 is 2.77 bits per heavy atom. The van der Waals surface area contributed by atoms with E-state index in [2.05, 4.69) is 31.2 Å². The molecule has 0 radical (unpaired) electrons. The molecule has 3 aromatic rings. The number of amides is 1. The Labute approximate surface area is 164 Å². The molecule has 0 aliphatic heterocycles. The number of aromatic amines is 1. The summed E-state index contributed by atoms with van der Waals surface area (Å²) in [5.74, 6) is 0.787. The topological polar surface area (TPSA) is 67.0 Å². The lowest BCUT2D eigenvalue weighted by Gasteiger charge is -2.10. The molecule has 0 bridgehead atoms. The summed E-state index contributed by atoms with van der Waals surface area (Å²) in [5, 5.41) is 3.59. The van der Waals surface area contributed by atoms with Gasteiger partial charge in [0.25, 0.3) is 0 Å². The van der Waals surface area contributed by atoms with Gasteiger partial charge in [-0.3, -0.25) is 4.79 Å². The van der Waals surface area contributed by atoms with Crippen molar-refractivity contribution in [1.29, 1.82) is 0 Å². The number of thioether (sulfide) groups is 1. The smallest absolute Gasteiger partial charge is 0.234 e. The third kappa shape index (κ3) is 4.68. The summed E-state index contributed by atoms with van der Waals surface area (Å²) in [5.41, 5.74) is 3.69. The fourth-order valence-electron chi connectivity index (χ4n) is 2.39. The van der Waals surface area contributed by atoms with E-state index >= 15 is 0 Å². The van der Waals surface area contributed by atoms with Gasteiger partial charge in [0.15, 0.2) is 5.16 Å². The van der Waals surface area contributed by atoms with E-state index in [1.807, 2.05) is 49.4 Å². The number of nitrogens with zero attached hydrogens (tertiary/aromatic N) is 1. The van der Waals surface area contributed by atoms with Crippen molar-refractivity contribution in [3.05, 3.63) is 58.7 Å². The zero-order valence-corrected chi connectivity index (χ0v) is 16.8. The number of aryl methyl sites for hydroxylation is 1. The highest BCUT2D eigenvalue weighted by atomic mass is 79.9. The van der Waals surface area contributed by atoms with E-state index in [0.29, 0.717) is 16.6 Å². The Morgan fingerprint density at radius 1 is 1.27 bits per heavy atom. The van der Waals surface area contributed by atoms with Gasteiger partial charge in [-0.05, 0) is 42.3 Å². The molecule has 0 unspecified atom stereocenters. The van der Waals surface area contributed by atoms with Crippen molar-refractivity contribution in [2.75, 3.05) is 18.2 Å². The van der Waals surface area contributed by atoms with Gasteiger partial charge in [0.1, 0.15) is 5.75 Å². The van der Waals surface area contributed by atoms with E-state index in [1.165, 1.54) is 11.8 Å². The molecule has 3 rings (SSSR count). The van der Waals surface area contributed by atoms with Crippen LogP contribution in [0.5, 0.6) is 5.75 Å². The Morgan fingerprint density at radius 2 is 2.04 bits per heavy atom. The second-order valence-electron chi connectivity index (χ2n) is 5.65. The molecule has 0 aliphatic rings. The number of hydrogen-bond acceptors (Lipinski definition) is 4. The molecule has 0 fully saturated rings. The van der Waals surface area contributed by atoms with Crippen LogP contribution < -0.4 is 10.1 Å². The SMILES string of the molecule is COc1ccc(C)cc1NC(=O)CSc1ncc(-c2ccc(Br)cc2)[nH]1. The third-order valence-corrected chi connectivity index (χ3v) is 5.09. The summed E-state index contributed by atoms with van der Waals surface area (Å²) in [4.78, 5) is 19.8. The number of carbonyl (C=O) groups is 1. The highest BCUT2D eigenvalue weighted by Crippen LogP contribution is 2.26. The van der Waals surface area contributed by atoms with Gasteiger partial charge in [0, 0.05) is 4.47 Å². The maximum atomic E-state index is 12.2. The molecule has 1 aromatic heterocycles. The van der Waals surface area contributed by atoms with Gasteiger partial charge < -0.3 is 15.0 Å². The number of halogens is 1. The van der Waals surface area contributed by atoms with Crippen LogP contribution in [0.15, 0.2) is 58.3 Å². The number of nitrogens with one attached hydrogen (secondary N) is 2. The van der Waals surface area contributed by atoms with Crippen LogP contribution in [-0.4, -0.2) is 28.7 Å². The van der Waals surface area contributed by atoms with Crippen molar-refractivity contribution >= 4 is 39.3 Å². The van der Waals surface area contributed by atoms with Crippen molar-refractivity contribution in [2.45, 2.75) is 12.1 Å². The Hall–Kier alpha value is -2.25. The molecule has 134 valence electrons. The number of H-pyrrole nitrogens is 1. The predicted octanol–water partition coefficient (Wildman–Crippen LogP) is 4.89. The van der Waals surface area contributed by atoms with Crippen LogP contribution in [0.2, 0.25) is 0 Å². The first kappa shape index (κ1) is 18.5. The Kier molecular flexibility index (Phi) is 6.00. The van der Waals surface area contributed by atoms with E-state index in [1.54, 1.807) is 13.3 Å². The minimum Gasteiger partial charge on any atom is -0.495 e. The monoisotopic (exact) mass is 431 g/mol. The van der Waals surface area contributed by atoms with Crippen molar-refractivity contribution in [3.8, 4) is 17.0 Å². The average molecular weight is 432 g/mol. The predicted molar refractivity (Wildman–Crippen MR) is 109 cm³/mol. The highest BCUT2D eigenvalue weighted by Gasteiger charge is 2.10. The lowest BCUT2D eigenvalue weighted by Crippen LogP contribution is -2.15. The fraction of sp³-hybridized carbons (Fsp3) is 0.158. The number of anilines is 1. The van der Waals surface area contributed by atoms with Gasteiger partial charge in [0.2, 0.25) is 5.91 Å². The number of methoxy groups -OCH3 is 1. The molecular formula is C19H18BrN3O2S. The third-order valence-electron chi connectivity index (χ3n) is 3.68. The van der Waals surface area contributed by atoms with Crippen molar-refractivity contribution in [1.82, 2.24) is 9.97 Å². The zero-order valence-electron chi connectivity index (χ0n) is 14.4.